The van der Waals surface area contributed by atoms with Crippen LogP contribution in [-0.2, 0) is 4.79 Å². The number of pyridine rings is 1. The predicted octanol–water partition coefficient (Wildman–Crippen LogP) is 2.97. The quantitative estimate of drug-likeness (QED) is 0.906. The van der Waals surface area contributed by atoms with E-state index in [1.807, 2.05) is 63.2 Å². The summed E-state index contributed by atoms with van der Waals surface area (Å²) in [5.41, 5.74) is 9.07. The van der Waals surface area contributed by atoms with Gasteiger partial charge in [-0.05, 0) is 37.1 Å². The zero-order valence-corrected chi connectivity index (χ0v) is 12.6. The van der Waals surface area contributed by atoms with Crippen LogP contribution in [0.15, 0.2) is 42.5 Å². The molecule has 0 saturated carbocycles. The van der Waals surface area contributed by atoms with Crippen LogP contribution in [0.4, 0.5) is 5.82 Å². The Hall–Kier alpha value is -2.20. The third kappa shape index (κ3) is 3.89. The van der Waals surface area contributed by atoms with Gasteiger partial charge in [0.25, 0.3) is 0 Å². The second-order valence-electron chi connectivity index (χ2n) is 5.39. The lowest BCUT2D eigenvalue weighted by Crippen LogP contribution is -2.30. The number of rotatable bonds is 4. The Morgan fingerprint density at radius 1 is 1.19 bits per heavy atom. The van der Waals surface area contributed by atoms with Crippen molar-refractivity contribution in [2.75, 3.05) is 5.32 Å². The SMILES string of the molecule is Cc1cc(C)nc(NC(=O)C(C)C(N)c2ccccc2)c1. The van der Waals surface area contributed by atoms with E-state index in [1.54, 1.807) is 0 Å². The Labute approximate surface area is 125 Å². The number of nitrogens with two attached hydrogens (primary N) is 1. The van der Waals surface area contributed by atoms with Crippen LogP contribution in [0.1, 0.15) is 29.8 Å². The summed E-state index contributed by atoms with van der Waals surface area (Å²) in [6.45, 7) is 5.71. The Kier molecular flexibility index (Phi) is 4.70. The van der Waals surface area contributed by atoms with Gasteiger partial charge in [0.15, 0.2) is 0 Å². The summed E-state index contributed by atoms with van der Waals surface area (Å²) < 4.78 is 0. The van der Waals surface area contributed by atoms with Crippen LogP contribution in [-0.4, -0.2) is 10.9 Å². The van der Waals surface area contributed by atoms with Crippen LogP contribution in [0.3, 0.4) is 0 Å². The summed E-state index contributed by atoms with van der Waals surface area (Å²) in [5.74, 6) is 0.114. The summed E-state index contributed by atoms with van der Waals surface area (Å²) in [6, 6.07) is 13.1. The molecule has 0 bridgehead atoms. The molecular formula is C17H21N3O. The zero-order valence-electron chi connectivity index (χ0n) is 12.6. The maximum atomic E-state index is 12.3. The van der Waals surface area contributed by atoms with E-state index in [0.29, 0.717) is 5.82 Å². The van der Waals surface area contributed by atoms with Crippen LogP contribution >= 0.6 is 0 Å². The number of nitrogens with zero attached hydrogens (tertiary/aromatic N) is 1. The summed E-state index contributed by atoms with van der Waals surface area (Å²) in [7, 11) is 0. The van der Waals surface area contributed by atoms with Crippen LogP contribution in [0.25, 0.3) is 0 Å². The average Bonchev–Trinajstić information content (AvgIpc) is 2.45. The third-order valence-corrected chi connectivity index (χ3v) is 3.49. The third-order valence-electron chi connectivity index (χ3n) is 3.49. The fourth-order valence-electron chi connectivity index (χ4n) is 2.27. The molecule has 0 aliphatic heterocycles. The van der Waals surface area contributed by atoms with Crippen LogP contribution in [0, 0.1) is 19.8 Å². The summed E-state index contributed by atoms with van der Waals surface area (Å²) >= 11 is 0. The first kappa shape index (κ1) is 15.2. The zero-order chi connectivity index (χ0) is 15.4. The van der Waals surface area contributed by atoms with Crippen molar-refractivity contribution in [3.63, 3.8) is 0 Å². The predicted molar refractivity (Wildman–Crippen MR) is 84.9 cm³/mol. The first-order chi connectivity index (χ1) is 9.97. The molecule has 1 aromatic carbocycles. The number of carbonyl (C=O) groups excluding carboxylic acids is 1. The van der Waals surface area contributed by atoms with E-state index in [9.17, 15) is 4.79 Å². The Bertz CT molecular complexity index is 605. The molecule has 2 unspecified atom stereocenters. The molecule has 2 rings (SSSR count). The van der Waals surface area contributed by atoms with Gasteiger partial charge in [-0.15, -0.1) is 0 Å². The molecule has 0 fully saturated rings. The van der Waals surface area contributed by atoms with Gasteiger partial charge in [-0.2, -0.15) is 0 Å². The molecule has 2 atom stereocenters. The number of nitrogens with one attached hydrogen (secondary N) is 1. The van der Waals surface area contributed by atoms with Crippen molar-refractivity contribution in [2.45, 2.75) is 26.8 Å². The molecule has 0 radical (unpaired) electrons. The van der Waals surface area contributed by atoms with Crippen LogP contribution in [0.5, 0.6) is 0 Å². The second kappa shape index (κ2) is 6.50. The molecule has 0 saturated heterocycles. The molecule has 2 aromatic rings. The van der Waals surface area contributed by atoms with Crippen molar-refractivity contribution >= 4 is 11.7 Å². The first-order valence-electron chi connectivity index (χ1n) is 7.04. The number of hydrogen-bond donors (Lipinski definition) is 2. The lowest BCUT2D eigenvalue weighted by atomic mass is 9.95. The molecule has 0 spiro atoms. The van der Waals surface area contributed by atoms with Crippen molar-refractivity contribution in [3.05, 3.63) is 59.3 Å². The van der Waals surface area contributed by atoms with Gasteiger partial charge >= 0.3 is 0 Å². The van der Waals surface area contributed by atoms with Crippen molar-refractivity contribution in [1.82, 2.24) is 4.98 Å². The number of hydrogen-bond acceptors (Lipinski definition) is 3. The Morgan fingerprint density at radius 2 is 1.86 bits per heavy atom. The minimum Gasteiger partial charge on any atom is -0.323 e. The molecule has 110 valence electrons. The summed E-state index contributed by atoms with van der Waals surface area (Å²) in [5, 5.41) is 2.84. The highest BCUT2D eigenvalue weighted by Crippen LogP contribution is 2.20. The lowest BCUT2D eigenvalue weighted by molar-refractivity contribution is -0.120. The minimum absolute atomic E-state index is 0.121. The van der Waals surface area contributed by atoms with E-state index in [2.05, 4.69) is 10.3 Å². The first-order valence-corrected chi connectivity index (χ1v) is 7.04. The average molecular weight is 283 g/mol. The fraction of sp³-hybridized carbons (Fsp3) is 0.294. The van der Waals surface area contributed by atoms with Crippen molar-refractivity contribution in [3.8, 4) is 0 Å². The largest absolute Gasteiger partial charge is 0.323 e. The topological polar surface area (TPSA) is 68.0 Å². The van der Waals surface area contributed by atoms with Crippen LogP contribution < -0.4 is 11.1 Å². The molecule has 1 aromatic heterocycles. The normalized spacial score (nSPS) is 13.5. The molecule has 21 heavy (non-hydrogen) atoms. The summed E-state index contributed by atoms with van der Waals surface area (Å²) in [4.78, 5) is 16.6. The fourth-order valence-corrected chi connectivity index (χ4v) is 2.27. The second-order valence-corrected chi connectivity index (χ2v) is 5.39. The monoisotopic (exact) mass is 283 g/mol. The van der Waals surface area contributed by atoms with Gasteiger partial charge in [-0.3, -0.25) is 4.79 Å². The highest BCUT2D eigenvalue weighted by Gasteiger charge is 2.22. The molecule has 1 heterocycles. The molecular weight excluding hydrogens is 262 g/mol. The number of anilines is 1. The van der Waals surface area contributed by atoms with Gasteiger partial charge < -0.3 is 11.1 Å². The minimum atomic E-state index is -0.338. The van der Waals surface area contributed by atoms with Gasteiger partial charge in [0, 0.05) is 11.7 Å². The highest BCUT2D eigenvalue weighted by molar-refractivity contribution is 5.92. The van der Waals surface area contributed by atoms with Gasteiger partial charge in [0.05, 0.1) is 5.92 Å². The maximum Gasteiger partial charge on any atom is 0.230 e. The Balaban J connectivity index is 2.09. The van der Waals surface area contributed by atoms with E-state index >= 15 is 0 Å². The molecule has 4 heteroatoms. The van der Waals surface area contributed by atoms with Crippen molar-refractivity contribution in [1.29, 1.82) is 0 Å². The lowest BCUT2D eigenvalue weighted by Gasteiger charge is -2.19. The van der Waals surface area contributed by atoms with Crippen molar-refractivity contribution < 1.29 is 4.79 Å². The van der Waals surface area contributed by atoms with E-state index < -0.39 is 0 Å². The van der Waals surface area contributed by atoms with E-state index in [-0.39, 0.29) is 17.9 Å². The van der Waals surface area contributed by atoms with E-state index in [0.717, 1.165) is 16.8 Å². The number of amides is 1. The van der Waals surface area contributed by atoms with Crippen LogP contribution in [0.2, 0.25) is 0 Å². The molecule has 0 aliphatic rings. The van der Waals surface area contributed by atoms with E-state index in [1.165, 1.54) is 0 Å². The molecule has 0 aliphatic carbocycles. The molecule has 3 N–H and O–H groups in total. The number of aryl methyl sites for hydroxylation is 2. The number of carbonyl (C=O) groups is 1. The van der Waals surface area contributed by atoms with E-state index in [4.69, 9.17) is 5.73 Å². The summed E-state index contributed by atoms with van der Waals surface area (Å²) in [6.07, 6.45) is 0. The smallest absolute Gasteiger partial charge is 0.230 e. The number of aromatic nitrogens is 1. The van der Waals surface area contributed by atoms with Gasteiger partial charge in [0.2, 0.25) is 5.91 Å². The van der Waals surface area contributed by atoms with Crippen molar-refractivity contribution in [2.24, 2.45) is 11.7 Å². The van der Waals surface area contributed by atoms with Gasteiger partial charge in [0.1, 0.15) is 5.82 Å². The number of benzene rings is 1. The Morgan fingerprint density at radius 3 is 2.48 bits per heavy atom. The maximum absolute atomic E-state index is 12.3. The molecule has 1 amide bonds. The standard InChI is InChI=1S/C17H21N3O/c1-11-9-12(2)19-15(10-11)20-17(21)13(3)16(18)14-7-5-4-6-8-14/h4-10,13,16H,18H2,1-3H3,(H,19,20,21). The molecule has 4 nitrogen and oxygen atoms in total. The highest BCUT2D eigenvalue weighted by atomic mass is 16.1. The van der Waals surface area contributed by atoms with Gasteiger partial charge in [-0.25, -0.2) is 4.98 Å². The van der Waals surface area contributed by atoms with Gasteiger partial charge in [-0.1, -0.05) is 37.3 Å².